The molecule has 2 rings (SSSR count). The van der Waals surface area contributed by atoms with Gasteiger partial charge in [0.2, 0.25) is 0 Å². The average molecular weight is 268 g/mol. The molecule has 4 heteroatoms. The number of hydrogen-bond acceptors (Lipinski definition) is 4. The zero-order chi connectivity index (χ0) is 13.2. The highest BCUT2D eigenvalue weighted by molar-refractivity contribution is 7.11. The third-order valence-electron chi connectivity index (χ3n) is 3.27. The van der Waals surface area contributed by atoms with Crippen molar-refractivity contribution in [3.63, 3.8) is 0 Å². The molecule has 2 heterocycles. The molecule has 0 radical (unpaired) electrons. The molecule has 1 aliphatic heterocycles. The van der Waals surface area contributed by atoms with Crippen LogP contribution in [0.4, 0.5) is 0 Å². The third-order valence-corrected chi connectivity index (χ3v) is 4.49. The molecule has 0 aliphatic carbocycles. The van der Waals surface area contributed by atoms with Crippen LogP contribution < -0.4 is 5.32 Å². The van der Waals surface area contributed by atoms with Gasteiger partial charge in [-0.1, -0.05) is 20.8 Å². The molecule has 1 saturated heterocycles. The zero-order valence-electron chi connectivity index (χ0n) is 11.9. The molecule has 1 atom stereocenters. The third kappa shape index (κ3) is 3.11. The highest BCUT2D eigenvalue weighted by Gasteiger charge is 2.26. The lowest BCUT2D eigenvalue weighted by molar-refractivity contribution is 0.0803. The number of ether oxygens (including phenoxy) is 1. The average Bonchev–Trinajstić information content (AvgIpc) is 2.75. The van der Waals surface area contributed by atoms with E-state index in [1.165, 1.54) is 22.0 Å². The van der Waals surface area contributed by atoms with Gasteiger partial charge in [0.15, 0.2) is 0 Å². The fraction of sp³-hybridized carbons (Fsp3) is 0.786. The van der Waals surface area contributed by atoms with Crippen LogP contribution >= 0.6 is 11.3 Å². The van der Waals surface area contributed by atoms with Crippen molar-refractivity contribution < 1.29 is 4.74 Å². The summed E-state index contributed by atoms with van der Waals surface area (Å²) in [5.41, 5.74) is 1.37. The molecule has 1 fully saturated rings. The van der Waals surface area contributed by atoms with Crippen LogP contribution in [0.1, 0.15) is 55.1 Å². The van der Waals surface area contributed by atoms with Crippen molar-refractivity contribution in [2.24, 2.45) is 0 Å². The van der Waals surface area contributed by atoms with E-state index in [-0.39, 0.29) is 5.41 Å². The molecule has 3 nitrogen and oxygen atoms in total. The summed E-state index contributed by atoms with van der Waals surface area (Å²) in [6, 6.07) is 0. The second kappa shape index (κ2) is 5.68. The first kappa shape index (κ1) is 14.0. The smallest absolute Gasteiger partial charge is 0.0985 e. The fourth-order valence-electron chi connectivity index (χ4n) is 2.35. The lowest BCUT2D eigenvalue weighted by Gasteiger charge is -2.20. The van der Waals surface area contributed by atoms with Crippen LogP contribution in [0.15, 0.2) is 0 Å². The molecule has 102 valence electrons. The van der Waals surface area contributed by atoms with Crippen molar-refractivity contribution in [3.8, 4) is 0 Å². The number of thiazole rings is 1. The van der Waals surface area contributed by atoms with Crippen molar-refractivity contribution in [2.75, 3.05) is 20.3 Å². The van der Waals surface area contributed by atoms with Crippen LogP contribution in [0.25, 0.3) is 0 Å². The first-order valence-electron chi connectivity index (χ1n) is 6.75. The van der Waals surface area contributed by atoms with E-state index < -0.39 is 0 Å². The van der Waals surface area contributed by atoms with Crippen molar-refractivity contribution in [1.29, 1.82) is 0 Å². The normalized spacial score (nSPS) is 21.2. The monoisotopic (exact) mass is 268 g/mol. The Kier molecular flexibility index (Phi) is 4.41. The minimum absolute atomic E-state index is 0.121. The van der Waals surface area contributed by atoms with Gasteiger partial charge in [-0.05, 0) is 19.9 Å². The van der Waals surface area contributed by atoms with Crippen LogP contribution in [0, 0.1) is 0 Å². The Labute approximate surface area is 114 Å². The van der Waals surface area contributed by atoms with E-state index in [4.69, 9.17) is 9.72 Å². The first-order chi connectivity index (χ1) is 8.52. The van der Waals surface area contributed by atoms with Gasteiger partial charge in [0.05, 0.1) is 17.3 Å². The number of hydrogen-bond donors (Lipinski definition) is 1. The Hall–Kier alpha value is -0.450. The Bertz CT molecular complexity index is 389. The van der Waals surface area contributed by atoms with E-state index >= 15 is 0 Å². The molecular formula is C14H24N2OS. The van der Waals surface area contributed by atoms with Crippen LogP contribution in [0.5, 0.6) is 0 Å². The quantitative estimate of drug-likeness (QED) is 0.915. The minimum Gasteiger partial charge on any atom is -0.381 e. The molecule has 18 heavy (non-hydrogen) atoms. The SMILES string of the molecule is CNCc1sc(C2CCCOC2)nc1C(C)(C)C. The van der Waals surface area contributed by atoms with Gasteiger partial charge in [0.1, 0.15) is 0 Å². The standard InChI is InChI=1S/C14H24N2OS/c1-14(2,3)12-11(8-15-4)18-13(16-12)10-6-5-7-17-9-10/h10,15H,5-9H2,1-4H3. The predicted molar refractivity (Wildman–Crippen MR) is 76.4 cm³/mol. The fourth-order valence-corrected chi connectivity index (χ4v) is 3.75. The Morgan fingerprint density at radius 3 is 2.78 bits per heavy atom. The maximum atomic E-state index is 5.58. The van der Waals surface area contributed by atoms with Gasteiger partial charge in [-0.25, -0.2) is 4.98 Å². The summed E-state index contributed by atoms with van der Waals surface area (Å²) in [6.45, 7) is 9.39. The molecule has 1 unspecified atom stereocenters. The minimum atomic E-state index is 0.121. The maximum absolute atomic E-state index is 5.58. The number of aromatic nitrogens is 1. The van der Waals surface area contributed by atoms with Gasteiger partial charge in [-0.2, -0.15) is 0 Å². The van der Waals surface area contributed by atoms with Crippen LogP contribution in [0.3, 0.4) is 0 Å². The van der Waals surface area contributed by atoms with Crippen LogP contribution in [-0.4, -0.2) is 25.2 Å². The van der Waals surface area contributed by atoms with Crippen molar-refractivity contribution in [3.05, 3.63) is 15.6 Å². The maximum Gasteiger partial charge on any atom is 0.0985 e. The van der Waals surface area contributed by atoms with E-state index in [2.05, 4.69) is 26.1 Å². The highest BCUT2D eigenvalue weighted by atomic mass is 32.1. The molecule has 0 aromatic carbocycles. The largest absolute Gasteiger partial charge is 0.381 e. The highest BCUT2D eigenvalue weighted by Crippen LogP contribution is 2.35. The molecule has 0 saturated carbocycles. The Morgan fingerprint density at radius 2 is 2.22 bits per heavy atom. The number of nitrogens with zero attached hydrogens (tertiary/aromatic N) is 1. The number of rotatable bonds is 3. The summed E-state index contributed by atoms with van der Waals surface area (Å²) in [7, 11) is 2.00. The molecule has 1 N–H and O–H groups in total. The first-order valence-corrected chi connectivity index (χ1v) is 7.56. The van der Waals surface area contributed by atoms with Gasteiger partial charge in [-0.3, -0.25) is 0 Å². The van der Waals surface area contributed by atoms with Crippen LogP contribution in [0.2, 0.25) is 0 Å². The lowest BCUT2D eigenvalue weighted by atomic mass is 9.91. The summed E-state index contributed by atoms with van der Waals surface area (Å²) in [5.74, 6) is 0.510. The van der Waals surface area contributed by atoms with E-state index in [9.17, 15) is 0 Å². The molecule has 0 bridgehead atoms. The zero-order valence-corrected chi connectivity index (χ0v) is 12.7. The van der Waals surface area contributed by atoms with Gasteiger partial charge in [0.25, 0.3) is 0 Å². The lowest BCUT2D eigenvalue weighted by Crippen LogP contribution is -2.18. The van der Waals surface area contributed by atoms with Gasteiger partial charge >= 0.3 is 0 Å². The van der Waals surface area contributed by atoms with E-state index in [1.807, 2.05) is 18.4 Å². The summed E-state index contributed by atoms with van der Waals surface area (Å²) >= 11 is 1.86. The Balaban J connectivity index is 2.26. The number of nitrogens with one attached hydrogen (secondary N) is 1. The van der Waals surface area contributed by atoms with E-state index in [0.717, 1.165) is 26.2 Å². The van der Waals surface area contributed by atoms with Crippen molar-refractivity contribution in [2.45, 2.75) is 51.5 Å². The predicted octanol–water partition coefficient (Wildman–Crippen LogP) is 3.05. The second-order valence-corrected chi connectivity index (χ2v) is 7.13. The molecule has 0 spiro atoms. The molecule has 0 amide bonds. The summed E-state index contributed by atoms with van der Waals surface area (Å²) in [4.78, 5) is 6.30. The molecule has 1 aliphatic rings. The van der Waals surface area contributed by atoms with Gasteiger partial charge < -0.3 is 10.1 Å². The Morgan fingerprint density at radius 1 is 1.44 bits per heavy atom. The van der Waals surface area contributed by atoms with Gasteiger partial charge in [-0.15, -0.1) is 11.3 Å². The van der Waals surface area contributed by atoms with Gasteiger partial charge in [0, 0.05) is 29.4 Å². The summed E-state index contributed by atoms with van der Waals surface area (Å²) < 4.78 is 5.58. The van der Waals surface area contributed by atoms with Crippen molar-refractivity contribution >= 4 is 11.3 Å². The van der Waals surface area contributed by atoms with E-state index in [0.29, 0.717) is 5.92 Å². The molecule has 1 aromatic rings. The van der Waals surface area contributed by atoms with Crippen molar-refractivity contribution in [1.82, 2.24) is 10.3 Å². The summed E-state index contributed by atoms with van der Waals surface area (Å²) in [5, 5.41) is 4.52. The van der Waals surface area contributed by atoms with Crippen LogP contribution in [-0.2, 0) is 16.7 Å². The topological polar surface area (TPSA) is 34.1 Å². The molecular weight excluding hydrogens is 244 g/mol. The molecule has 1 aromatic heterocycles. The van der Waals surface area contributed by atoms with E-state index in [1.54, 1.807) is 0 Å². The second-order valence-electron chi connectivity index (χ2n) is 6.02. The summed E-state index contributed by atoms with van der Waals surface area (Å²) in [6.07, 6.45) is 2.38.